The van der Waals surface area contributed by atoms with Crippen LogP contribution in [0.3, 0.4) is 0 Å². The van der Waals surface area contributed by atoms with Crippen LogP contribution in [0.15, 0.2) is 0 Å². The molecule has 98 valence electrons. The normalized spacial score (nSPS) is 13.6. The van der Waals surface area contributed by atoms with E-state index in [0.29, 0.717) is 12.0 Å². The van der Waals surface area contributed by atoms with E-state index in [1.165, 1.54) is 0 Å². The maximum atomic E-state index is 11.6. The Labute approximate surface area is 102 Å². The molecule has 0 aliphatic rings. The Bertz CT molecular complexity index is 206. The molecular weight excluding hydrogens is 200 g/mol. The Kier molecular flexibility index (Phi) is 7.39. The van der Waals surface area contributed by atoms with Gasteiger partial charge in [-0.15, -0.1) is 0 Å². The number of rotatable bonds is 7. The second-order valence-corrected chi connectivity index (χ2v) is 5.46. The van der Waals surface area contributed by atoms with Crippen molar-refractivity contribution in [3.8, 4) is 0 Å². The summed E-state index contributed by atoms with van der Waals surface area (Å²) in [5.41, 5.74) is 0. The summed E-state index contributed by atoms with van der Waals surface area (Å²) in [5.74, 6) is 0.753. The molecule has 0 rings (SSSR count). The molecule has 3 nitrogen and oxygen atoms in total. The van der Waals surface area contributed by atoms with Gasteiger partial charge >= 0.3 is 0 Å². The molecule has 0 aromatic carbocycles. The van der Waals surface area contributed by atoms with Gasteiger partial charge in [0.05, 0.1) is 0 Å². The van der Waals surface area contributed by atoms with E-state index in [0.717, 1.165) is 19.4 Å². The number of amides is 1. The van der Waals surface area contributed by atoms with Gasteiger partial charge in [-0.05, 0) is 39.4 Å². The Balaban J connectivity index is 0. The average Bonchev–Trinajstić information content (AvgIpc) is 2.14. The van der Waals surface area contributed by atoms with Gasteiger partial charge in [-0.25, -0.2) is 0 Å². The molecule has 0 aliphatic carbocycles. The molecule has 0 unspecified atom stereocenters. The van der Waals surface area contributed by atoms with E-state index >= 15 is 0 Å². The number of carbonyl (C=O) groups is 1. The van der Waals surface area contributed by atoms with Crippen molar-refractivity contribution in [3.05, 3.63) is 0 Å². The molecule has 3 heteroatoms. The van der Waals surface area contributed by atoms with Crippen LogP contribution in [-0.4, -0.2) is 37.5 Å². The number of hydrogen-bond acceptors (Lipinski definition) is 2. The zero-order valence-electron chi connectivity index (χ0n) is 11.7. The molecular formula is C13H30N2O. The molecule has 0 spiro atoms. The average molecular weight is 230 g/mol. The van der Waals surface area contributed by atoms with Crippen molar-refractivity contribution in [2.45, 2.75) is 46.6 Å². The maximum absolute atomic E-state index is 11.6. The largest absolute Gasteiger partial charge is 0.353 e. The van der Waals surface area contributed by atoms with Crippen molar-refractivity contribution in [1.82, 2.24) is 10.2 Å². The van der Waals surface area contributed by atoms with Gasteiger partial charge in [-0.2, -0.15) is 0 Å². The third kappa shape index (κ3) is 6.83. The van der Waals surface area contributed by atoms with Gasteiger partial charge in [0.2, 0.25) is 5.91 Å². The molecule has 0 radical (unpaired) electrons. The molecule has 0 aromatic rings. The van der Waals surface area contributed by atoms with E-state index in [1.807, 2.05) is 13.8 Å². The second kappa shape index (κ2) is 7.66. The lowest BCUT2D eigenvalue weighted by atomic mass is 9.98. The van der Waals surface area contributed by atoms with E-state index in [2.05, 4.69) is 38.2 Å². The highest BCUT2D eigenvalue weighted by molar-refractivity contribution is 5.78. The van der Waals surface area contributed by atoms with E-state index in [1.54, 1.807) is 0 Å². The fraction of sp³-hybridized carbons (Fsp3) is 0.923. The molecule has 0 fully saturated rings. The van der Waals surface area contributed by atoms with Crippen LogP contribution in [0.1, 0.15) is 42.0 Å². The van der Waals surface area contributed by atoms with Gasteiger partial charge in [-0.3, -0.25) is 4.79 Å². The first-order valence-corrected chi connectivity index (χ1v) is 6.29. The predicted molar refractivity (Wildman–Crippen MR) is 71.5 cm³/mol. The zero-order valence-corrected chi connectivity index (χ0v) is 11.7. The Hall–Kier alpha value is -0.570. The number of nitrogens with one attached hydrogen (secondary N) is 1. The van der Waals surface area contributed by atoms with Gasteiger partial charge in [0.25, 0.3) is 0 Å². The summed E-state index contributed by atoms with van der Waals surface area (Å²) in [6.45, 7) is 9.29. The van der Waals surface area contributed by atoms with Gasteiger partial charge in [-0.1, -0.05) is 27.7 Å². The predicted octanol–water partition coefficient (Wildman–Crippen LogP) is 2.37. The van der Waals surface area contributed by atoms with Gasteiger partial charge in [0, 0.05) is 13.4 Å². The smallest absolute Gasteiger partial charge is 0.222 e. The highest BCUT2D eigenvalue weighted by Crippen LogP contribution is 2.10. The van der Waals surface area contributed by atoms with E-state index in [4.69, 9.17) is 0 Å². The van der Waals surface area contributed by atoms with E-state index < -0.39 is 0 Å². The summed E-state index contributed by atoms with van der Waals surface area (Å²) < 4.78 is 0. The highest BCUT2D eigenvalue weighted by atomic mass is 16.1. The summed E-state index contributed by atoms with van der Waals surface area (Å²) in [4.78, 5) is 13.8. The fourth-order valence-corrected chi connectivity index (χ4v) is 1.55. The SMILES string of the molecule is CC(C)C(=O)N[C@@H](CCCN(C)C)C(C)C.[HH]. The first-order chi connectivity index (χ1) is 7.34. The Morgan fingerprint density at radius 2 is 1.81 bits per heavy atom. The third-order valence-corrected chi connectivity index (χ3v) is 2.78. The Morgan fingerprint density at radius 1 is 1.25 bits per heavy atom. The van der Waals surface area contributed by atoms with Crippen LogP contribution in [0.2, 0.25) is 0 Å². The molecule has 1 N–H and O–H groups in total. The number of nitrogens with zero attached hydrogens (tertiary/aromatic N) is 1. The van der Waals surface area contributed by atoms with Crippen LogP contribution in [0.4, 0.5) is 0 Å². The molecule has 0 saturated heterocycles. The molecule has 0 bridgehead atoms. The standard InChI is InChI=1S/C13H28N2O.H2/c1-10(2)12(8-7-9-15(5)6)14-13(16)11(3)4;/h10-12H,7-9H2,1-6H3,(H,14,16);1H/t12-;/m0./s1. The van der Waals surface area contributed by atoms with Crippen LogP contribution in [0, 0.1) is 11.8 Å². The van der Waals surface area contributed by atoms with Gasteiger partial charge in [0.15, 0.2) is 0 Å². The van der Waals surface area contributed by atoms with Crippen molar-refractivity contribution in [3.63, 3.8) is 0 Å². The van der Waals surface area contributed by atoms with Crippen LogP contribution in [0.25, 0.3) is 0 Å². The summed E-state index contributed by atoms with van der Waals surface area (Å²) in [5, 5.41) is 3.13. The minimum atomic E-state index is 0. The first-order valence-electron chi connectivity index (χ1n) is 6.29. The Morgan fingerprint density at radius 3 is 2.19 bits per heavy atom. The lowest BCUT2D eigenvalue weighted by Gasteiger charge is -2.24. The number of carbonyl (C=O) groups excluding carboxylic acids is 1. The fourth-order valence-electron chi connectivity index (χ4n) is 1.55. The van der Waals surface area contributed by atoms with Crippen molar-refractivity contribution in [1.29, 1.82) is 0 Å². The maximum Gasteiger partial charge on any atom is 0.222 e. The number of hydrogen-bond donors (Lipinski definition) is 1. The molecule has 0 saturated carbocycles. The molecule has 0 aromatic heterocycles. The van der Waals surface area contributed by atoms with Crippen LogP contribution < -0.4 is 5.32 Å². The lowest BCUT2D eigenvalue weighted by molar-refractivity contribution is -0.125. The topological polar surface area (TPSA) is 32.3 Å². The summed E-state index contributed by atoms with van der Waals surface area (Å²) in [6, 6.07) is 0.315. The monoisotopic (exact) mass is 230 g/mol. The van der Waals surface area contributed by atoms with Gasteiger partial charge in [0.1, 0.15) is 0 Å². The van der Waals surface area contributed by atoms with Crippen LogP contribution >= 0.6 is 0 Å². The lowest BCUT2D eigenvalue weighted by Crippen LogP contribution is -2.41. The van der Waals surface area contributed by atoms with Gasteiger partial charge < -0.3 is 10.2 Å². The summed E-state index contributed by atoms with van der Waals surface area (Å²) in [6.07, 6.45) is 2.20. The minimum absolute atomic E-state index is 0. The van der Waals surface area contributed by atoms with Crippen molar-refractivity contribution in [2.24, 2.45) is 11.8 Å². The molecule has 1 atom stereocenters. The molecule has 16 heavy (non-hydrogen) atoms. The molecule has 0 aliphatic heterocycles. The highest BCUT2D eigenvalue weighted by Gasteiger charge is 2.17. The van der Waals surface area contributed by atoms with Crippen molar-refractivity contribution < 1.29 is 6.22 Å². The molecule has 0 heterocycles. The van der Waals surface area contributed by atoms with Crippen LogP contribution in [0.5, 0.6) is 0 Å². The van der Waals surface area contributed by atoms with E-state index in [-0.39, 0.29) is 13.3 Å². The first kappa shape index (κ1) is 15.4. The minimum Gasteiger partial charge on any atom is -0.353 e. The molecule has 1 amide bonds. The van der Waals surface area contributed by atoms with Crippen molar-refractivity contribution >= 4 is 5.91 Å². The van der Waals surface area contributed by atoms with E-state index in [9.17, 15) is 4.79 Å². The quantitative estimate of drug-likeness (QED) is 0.728. The summed E-state index contributed by atoms with van der Waals surface area (Å²) in [7, 11) is 4.16. The summed E-state index contributed by atoms with van der Waals surface area (Å²) >= 11 is 0. The zero-order chi connectivity index (χ0) is 12.7. The van der Waals surface area contributed by atoms with Crippen LogP contribution in [-0.2, 0) is 4.79 Å². The van der Waals surface area contributed by atoms with Crippen molar-refractivity contribution in [2.75, 3.05) is 20.6 Å². The third-order valence-electron chi connectivity index (χ3n) is 2.78. The second-order valence-electron chi connectivity index (χ2n) is 5.46.